The third-order valence-electron chi connectivity index (χ3n) is 5.25. The highest BCUT2D eigenvalue weighted by atomic mass is 16.5. The summed E-state index contributed by atoms with van der Waals surface area (Å²) in [5.41, 5.74) is 5.68. The van der Waals surface area contributed by atoms with Crippen LogP contribution in [0, 0.1) is 20.8 Å². The van der Waals surface area contributed by atoms with Crippen molar-refractivity contribution in [3.05, 3.63) is 107 Å². The molecule has 0 radical (unpaired) electrons. The molecule has 0 N–H and O–H groups in total. The third-order valence-corrected chi connectivity index (χ3v) is 5.25. The van der Waals surface area contributed by atoms with Crippen molar-refractivity contribution >= 4 is 28.6 Å². The highest BCUT2D eigenvalue weighted by Gasteiger charge is 2.13. The number of fused-ring (bicyclic) bond motifs is 1. The molecule has 4 aromatic carbocycles. The maximum atomic E-state index is 12.7. The zero-order chi connectivity index (χ0) is 21.1. The Kier molecular flexibility index (Phi) is 5.44. The molecule has 0 saturated carbocycles. The van der Waals surface area contributed by atoms with Crippen molar-refractivity contribution in [1.82, 2.24) is 0 Å². The van der Waals surface area contributed by atoms with E-state index >= 15 is 0 Å². The Hall–Kier alpha value is -3.72. The molecule has 0 saturated heterocycles. The number of hydrogen-bond donors (Lipinski definition) is 0. The second-order valence-electron chi connectivity index (χ2n) is 7.48. The van der Waals surface area contributed by atoms with Crippen molar-refractivity contribution in [1.29, 1.82) is 0 Å². The zero-order valence-corrected chi connectivity index (χ0v) is 17.3. The Morgan fingerprint density at radius 2 is 1.60 bits per heavy atom. The average molecular weight is 393 g/mol. The fourth-order valence-corrected chi connectivity index (χ4v) is 3.29. The lowest BCUT2D eigenvalue weighted by atomic mass is 10.0. The first-order valence-corrected chi connectivity index (χ1v) is 9.93. The van der Waals surface area contributed by atoms with Gasteiger partial charge in [-0.15, -0.1) is 0 Å². The van der Waals surface area contributed by atoms with Crippen LogP contribution in [-0.4, -0.2) is 12.2 Å². The van der Waals surface area contributed by atoms with Crippen LogP contribution in [0.25, 0.3) is 10.8 Å². The molecule has 0 fully saturated rings. The number of carbonyl (C=O) groups excluding carboxylic acids is 1. The summed E-state index contributed by atoms with van der Waals surface area (Å²) < 4.78 is 5.78. The first-order valence-electron chi connectivity index (χ1n) is 9.93. The number of rotatable bonds is 4. The molecule has 0 amide bonds. The van der Waals surface area contributed by atoms with Gasteiger partial charge in [-0.25, -0.2) is 4.79 Å². The minimum atomic E-state index is -0.383. The number of ether oxygens (including phenoxy) is 1. The van der Waals surface area contributed by atoms with Gasteiger partial charge in [-0.1, -0.05) is 54.1 Å². The largest absolute Gasteiger partial charge is 0.422 e. The van der Waals surface area contributed by atoms with Crippen LogP contribution in [0.5, 0.6) is 5.75 Å². The van der Waals surface area contributed by atoms with E-state index in [0.29, 0.717) is 11.3 Å². The molecule has 0 aliphatic rings. The molecule has 0 atom stereocenters. The fourth-order valence-electron chi connectivity index (χ4n) is 3.29. The van der Waals surface area contributed by atoms with E-state index in [4.69, 9.17) is 4.74 Å². The van der Waals surface area contributed by atoms with Crippen LogP contribution in [0.1, 0.15) is 32.6 Å². The molecule has 0 aliphatic heterocycles. The van der Waals surface area contributed by atoms with Gasteiger partial charge in [0, 0.05) is 11.8 Å². The van der Waals surface area contributed by atoms with Crippen LogP contribution in [0.2, 0.25) is 0 Å². The SMILES string of the molecule is Cc1ccc(C(=O)Oc2ccc3ccccc3c2C=Nc2ccc(C)c(C)c2)cc1. The van der Waals surface area contributed by atoms with Gasteiger partial charge in [0.05, 0.1) is 11.3 Å². The van der Waals surface area contributed by atoms with Crippen LogP contribution < -0.4 is 4.74 Å². The Bertz CT molecular complexity index is 1250. The molecule has 0 aliphatic carbocycles. The third kappa shape index (κ3) is 4.15. The molecule has 4 rings (SSSR count). The highest BCUT2D eigenvalue weighted by Crippen LogP contribution is 2.28. The molecule has 0 heterocycles. The van der Waals surface area contributed by atoms with Gasteiger partial charge in [0.2, 0.25) is 0 Å². The van der Waals surface area contributed by atoms with Crippen molar-refractivity contribution in [3.63, 3.8) is 0 Å². The topological polar surface area (TPSA) is 38.7 Å². The van der Waals surface area contributed by atoms with Crippen LogP contribution in [-0.2, 0) is 0 Å². The number of benzene rings is 4. The van der Waals surface area contributed by atoms with Gasteiger partial charge in [-0.3, -0.25) is 4.99 Å². The van der Waals surface area contributed by atoms with Gasteiger partial charge >= 0.3 is 5.97 Å². The van der Waals surface area contributed by atoms with Crippen molar-refractivity contribution in [3.8, 4) is 5.75 Å². The molecule has 0 unspecified atom stereocenters. The van der Waals surface area contributed by atoms with Crippen molar-refractivity contribution in [2.45, 2.75) is 20.8 Å². The Morgan fingerprint density at radius 1 is 0.833 bits per heavy atom. The van der Waals surface area contributed by atoms with Crippen molar-refractivity contribution in [2.24, 2.45) is 4.99 Å². The summed E-state index contributed by atoms with van der Waals surface area (Å²) in [4.78, 5) is 17.4. The summed E-state index contributed by atoms with van der Waals surface area (Å²) in [7, 11) is 0. The van der Waals surface area contributed by atoms with E-state index in [9.17, 15) is 4.79 Å². The molecular formula is C27H23NO2. The maximum Gasteiger partial charge on any atom is 0.343 e. The zero-order valence-electron chi connectivity index (χ0n) is 17.3. The first-order chi connectivity index (χ1) is 14.5. The van der Waals surface area contributed by atoms with Crippen LogP contribution in [0.3, 0.4) is 0 Å². The number of aliphatic imine (C=N–C) groups is 1. The second kappa shape index (κ2) is 8.34. The smallest absolute Gasteiger partial charge is 0.343 e. The van der Waals surface area contributed by atoms with E-state index in [1.165, 1.54) is 11.1 Å². The Balaban J connectivity index is 1.74. The predicted octanol–water partition coefficient (Wildman–Crippen LogP) is 6.73. The number of hydrogen-bond acceptors (Lipinski definition) is 3. The van der Waals surface area contributed by atoms with E-state index in [1.807, 2.05) is 61.5 Å². The number of carbonyl (C=O) groups is 1. The van der Waals surface area contributed by atoms with E-state index in [1.54, 1.807) is 18.3 Å². The van der Waals surface area contributed by atoms with Crippen LogP contribution in [0.4, 0.5) is 5.69 Å². The van der Waals surface area contributed by atoms with E-state index < -0.39 is 0 Å². The molecule has 0 bridgehead atoms. The molecule has 4 aromatic rings. The minimum Gasteiger partial charge on any atom is -0.422 e. The van der Waals surface area contributed by atoms with E-state index in [2.05, 4.69) is 31.0 Å². The summed E-state index contributed by atoms with van der Waals surface area (Å²) in [6.45, 7) is 6.14. The summed E-state index contributed by atoms with van der Waals surface area (Å²) in [5, 5.41) is 2.05. The van der Waals surface area contributed by atoms with Gasteiger partial charge in [0.15, 0.2) is 0 Å². The summed E-state index contributed by atoms with van der Waals surface area (Å²) in [6.07, 6.45) is 1.78. The quantitative estimate of drug-likeness (QED) is 0.219. The lowest BCUT2D eigenvalue weighted by molar-refractivity contribution is 0.0735. The van der Waals surface area contributed by atoms with Crippen molar-refractivity contribution in [2.75, 3.05) is 0 Å². The van der Waals surface area contributed by atoms with E-state index in [-0.39, 0.29) is 5.97 Å². The molecule has 30 heavy (non-hydrogen) atoms. The van der Waals surface area contributed by atoms with Gasteiger partial charge in [-0.05, 0) is 73.0 Å². The van der Waals surface area contributed by atoms with Gasteiger partial charge < -0.3 is 4.74 Å². The summed E-state index contributed by atoms with van der Waals surface area (Å²) in [5.74, 6) is 0.109. The monoisotopic (exact) mass is 393 g/mol. The summed E-state index contributed by atoms with van der Waals surface area (Å²) >= 11 is 0. The molecule has 0 aromatic heterocycles. The first kappa shape index (κ1) is 19.6. The van der Waals surface area contributed by atoms with Crippen LogP contribution >= 0.6 is 0 Å². The van der Waals surface area contributed by atoms with Gasteiger partial charge in [0.25, 0.3) is 0 Å². The average Bonchev–Trinajstić information content (AvgIpc) is 2.75. The lowest BCUT2D eigenvalue weighted by Gasteiger charge is -2.11. The van der Waals surface area contributed by atoms with Crippen molar-refractivity contribution < 1.29 is 9.53 Å². The molecule has 0 spiro atoms. The Morgan fingerprint density at radius 3 is 2.37 bits per heavy atom. The minimum absolute atomic E-state index is 0.383. The molecule has 148 valence electrons. The molecule has 3 heteroatoms. The maximum absolute atomic E-state index is 12.7. The molecule has 3 nitrogen and oxygen atoms in total. The van der Waals surface area contributed by atoms with Gasteiger partial charge in [-0.2, -0.15) is 0 Å². The predicted molar refractivity (Wildman–Crippen MR) is 123 cm³/mol. The second-order valence-corrected chi connectivity index (χ2v) is 7.48. The lowest BCUT2D eigenvalue weighted by Crippen LogP contribution is -2.10. The molecular weight excluding hydrogens is 370 g/mol. The van der Waals surface area contributed by atoms with Crippen LogP contribution in [0.15, 0.2) is 83.9 Å². The number of nitrogens with zero attached hydrogens (tertiary/aromatic N) is 1. The summed E-state index contributed by atoms with van der Waals surface area (Å²) in [6, 6.07) is 25.3. The normalized spacial score (nSPS) is 11.2. The number of aryl methyl sites for hydroxylation is 3. The Labute approximate surface area is 176 Å². The van der Waals surface area contributed by atoms with Gasteiger partial charge in [0.1, 0.15) is 5.75 Å². The standard InChI is InChI=1S/C27H23NO2/c1-18-8-11-22(12-9-18)27(29)30-26-15-13-21-6-4-5-7-24(21)25(26)17-28-23-14-10-19(2)20(3)16-23/h4-17H,1-3H3. The van der Waals surface area contributed by atoms with E-state index in [0.717, 1.165) is 27.6 Å². The number of esters is 1. The highest BCUT2D eigenvalue weighted by molar-refractivity contribution is 6.04. The fraction of sp³-hybridized carbons (Fsp3) is 0.111.